The Morgan fingerprint density at radius 1 is 1.04 bits per heavy atom. The molecule has 0 saturated carbocycles. The molecule has 4 aromatic rings. The number of furan rings is 1. The highest BCUT2D eigenvalue weighted by molar-refractivity contribution is 5.91. The molecule has 2 heterocycles. The van der Waals surface area contributed by atoms with Crippen LogP contribution in [0, 0.1) is 0 Å². The third kappa shape index (κ3) is 3.78. The molecule has 0 saturated heterocycles. The lowest BCUT2D eigenvalue weighted by atomic mass is 10.2. The number of nitrogens with zero attached hydrogens (tertiary/aromatic N) is 2. The first-order valence-corrected chi connectivity index (χ1v) is 8.71. The van der Waals surface area contributed by atoms with Crippen molar-refractivity contribution in [3.63, 3.8) is 0 Å². The predicted molar refractivity (Wildman–Crippen MR) is 107 cm³/mol. The van der Waals surface area contributed by atoms with Gasteiger partial charge in [0.15, 0.2) is 0 Å². The number of carbonyl (C=O) groups is 1. The Kier molecular flexibility index (Phi) is 4.88. The lowest BCUT2D eigenvalue weighted by Crippen LogP contribution is -2.05. The van der Waals surface area contributed by atoms with Crippen LogP contribution in [-0.2, 0) is 11.3 Å². The number of hydrogen-bond acceptors (Lipinski definition) is 7. The zero-order chi connectivity index (χ0) is 19.3. The maximum absolute atomic E-state index is 11.6. The van der Waals surface area contributed by atoms with Crippen molar-refractivity contribution in [3.8, 4) is 0 Å². The lowest BCUT2D eigenvalue weighted by Gasteiger charge is -2.11. The number of methoxy groups -OCH3 is 1. The summed E-state index contributed by atoms with van der Waals surface area (Å²) in [6.45, 7) is 0.515. The standard InChI is InChI=1S/C21H18N4O3/c1-27-20(26)14-8-10-15(11-9-14)23-21-24-18-7-3-2-6-17(18)19(25-21)22-13-16-5-4-12-28-16/h2-12H,13H2,1H3,(H2,22,23,24,25). The molecule has 7 nitrogen and oxygen atoms in total. The summed E-state index contributed by atoms with van der Waals surface area (Å²) in [5.41, 5.74) is 2.06. The van der Waals surface area contributed by atoms with Crippen molar-refractivity contribution in [3.05, 3.63) is 78.3 Å². The van der Waals surface area contributed by atoms with E-state index in [1.54, 1.807) is 30.5 Å². The van der Waals surface area contributed by atoms with Crippen molar-refractivity contribution in [2.45, 2.75) is 6.54 Å². The SMILES string of the molecule is COC(=O)c1ccc(Nc2nc(NCc3ccco3)c3ccccc3n2)cc1. The number of rotatable bonds is 6. The first kappa shape index (κ1) is 17.5. The maximum atomic E-state index is 11.6. The molecule has 2 aromatic heterocycles. The molecule has 0 atom stereocenters. The number of nitrogens with one attached hydrogen (secondary N) is 2. The molecule has 0 unspecified atom stereocenters. The van der Waals surface area contributed by atoms with E-state index in [4.69, 9.17) is 9.15 Å². The van der Waals surface area contributed by atoms with Gasteiger partial charge in [0.05, 0.1) is 31.0 Å². The van der Waals surface area contributed by atoms with Gasteiger partial charge in [0.25, 0.3) is 0 Å². The van der Waals surface area contributed by atoms with Gasteiger partial charge in [-0.2, -0.15) is 4.98 Å². The van der Waals surface area contributed by atoms with Gasteiger partial charge < -0.3 is 19.8 Å². The fourth-order valence-corrected chi connectivity index (χ4v) is 2.79. The molecule has 140 valence electrons. The fraction of sp³-hybridized carbons (Fsp3) is 0.0952. The van der Waals surface area contributed by atoms with Crippen LogP contribution >= 0.6 is 0 Å². The number of para-hydroxylation sites is 1. The van der Waals surface area contributed by atoms with Crippen molar-refractivity contribution >= 4 is 34.3 Å². The molecule has 0 bridgehead atoms. The van der Waals surface area contributed by atoms with Crippen molar-refractivity contribution in [2.75, 3.05) is 17.7 Å². The second-order valence-electron chi connectivity index (χ2n) is 6.04. The van der Waals surface area contributed by atoms with E-state index in [9.17, 15) is 4.79 Å². The smallest absolute Gasteiger partial charge is 0.337 e. The molecule has 0 radical (unpaired) electrons. The van der Waals surface area contributed by atoms with Gasteiger partial charge in [-0.15, -0.1) is 0 Å². The molecular weight excluding hydrogens is 356 g/mol. The van der Waals surface area contributed by atoms with E-state index in [1.165, 1.54) is 7.11 Å². The van der Waals surface area contributed by atoms with Gasteiger partial charge in [0.1, 0.15) is 11.6 Å². The van der Waals surface area contributed by atoms with Crippen LogP contribution in [0.4, 0.5) is 17.5 Å². The van der Waals surface area contributed by atoms with Crippen molar-refractivity contribution in [1.29, 1.82) is 0 Å². The van der Waals surface area contributed by atoms with Crippen LogP contribution in [0.25, 0.3) is 10.9 Å². The first-order valence-electron chi connectivity index (χ1n) is 8.71. The number of fused-ring (bicyclic) bond motifs is 1. The van der Waals surface area contributed by atoms with Gasteiger partial charge in [-0.05, 0) is 48.5 Å². The van der Waals surface area contributed by atoms with E-state index in [0.29, 0.717) is 23.9 Å². The van der Waals surface area contributed by atoms with Crippen LogP contribution in [0.1, 0.15) is 16.1 Å². The molecule has 0 aliphatic rings. The Morgan fingerprint density at radius 2 is 1.86 bits per heavy atom. The molecule has 0 amide bonds. The van der Waals surface area contributed by atoms with E-state index in [1.807, 2.05) is 36.4 Å². The summed E-state index contributed by atoms with van der Waals surface area (Å²) in [4.78, 5) is 20.7. The third-order valence-electron chi connectivity index (χ3n) is 4.18. The highest BCUT2D eigenvalue weighted by Gasteiger charge is 2.09. The summed E-state index contributed by atoms with van der Waals surface area (Å²) in [5, 5.41) is 7.40. The number of carbonyl (C=O) groups excluding carboxylic acids is 1. The highest BCUT2D eigenvalue weighted by atomic mass is 16.5. The van der Waals surface area contributed by atoms with E-state index < -0.39 is 0 Å². The largest absolute Gasteiger partial charge is 0.467 e. The molecule has 4 rings (SSSR count). The second-order valence-corrected chi connectivity index (χ2v) is 6.04. The van der Waals surface area contributed by atoms with Crippen LogP contribution in [0.5, 0.6) is 0 Å². The Hall–Kier alpha value is -3.87. The molecule has 7 heteroatoms. The van der Waals surface area contributed by atoms with Gasteiger partial charge >= 0.3 is 5.97 Å². The Labute approximate surface area is 161 Å². The minimum absolute atomic E-state index is 0.377. The quantitative estimate of drug-likeness (QED) is 0.485. The minimum atomic E-state index is -0.377. The third-order valence-corrected chi connectivity index (χ3v) is 4.18. The van der Waals surface area contributed by atoms with E-state index in [2.05, 4.69) is 20.6 Å². The van der Waals surface area contributed by atoms with Crippen molar-refractivity contribution in [2.24, 2.45) is 0 Å². The number of hydrogen-bond donors (Lipinski definition) is 2. The number of benzene rings is 2. The van der Waals surface area contributed by atoms with Gasteiger partial charge in [-0.1, -0.05) is 12.1 Å². The number of anilines is 3. The maximum Gasteiger partial charge on any atom is 0.337 e. The van der Waals surface area contributed by atoms with E-state index in [0.717, 1.165) is 22.4 Å². The normalized spacial score (nSPS) is 10.6. The van der Waals surface area contributed by atoms with Crippen molar-refractivity contribution < 1.29 is 13.9 Å². The molecule has 0 aliphatic carbocycles. The summed E-state index contributed by atoms with van der Waals surface area (Å²) >= 11 is 0. The molecule has 28 heavy (non-hydrogen) atoms. The van der Waals surface area contributed by atoms with Gasteiger partial charge in [0.2, 0.25) is 5.95 Å². The van der Waals surface area contributed by atoms with Crippen LogP contribution in [0.3, 0.4) is 0 Å². The summed E-state index contributed by atoms with van der Waals surface area (Å²) in [6.07, 6.45) is 1.64. The zero-order valence-corrected chi connectivity index (χ0v) is 15.2. The monoisotopic (exact) mass is 374 g/mol. The summed E-state index contributed by atoms with van der Waals surface area (Å²) in [5.74, 6) is 1.59. The molecule has 0 aliphatic heterocycles. The number of esters is 1. The predicted octanol–water partition coefficient (Wildman–Crippen LogP) is 4.37. The Balaban J connectivity index is 1.60. The van der Waals surface area contributed by atoms with Crippen LogP contribution in [0.15, 0.2) is 71.3 Å². The van der Waals surface area contributed by atoms with Crippen LogP contribution < -0.4 is 10.6 Å². The molecular formula is C21H18N4O3. The first-order chi connectivity index (χ1) is 13.7. The zero-order valence-electron chi connectivity index (χ0n) is 15.2. The number of aromatic nitrogens is 2. The van der Waals surface area contributed by atoms with E-state index >= 15 is 0 Å². The molecule has 0 fully saturated rings. The second kappa shape index (κ2) is 7.79. The average Bonchev–Trinajstić information content (AvgIpc) is 3.25. The van der Waals surface area contributed by atoms with Crippen molar-refractivity contribution in [1.82, 2.24) is 9.97 Å². The molecule has 0 spiro atoms. The van der Waals surface area contributed by atoms with Gasteiger partial charge in [0, 0.05) is 11.1 Å². The topological polar surface area (TPSA) is 89.3 Å². The highest BCUT2D eigenvalue weighted by Crippen LogP contribution is 2.24. The summed E-state index contributed by atoms with van der Waals surface area (Å²) in [6, 6.07) is 18.5. The van der Waals surface area contributed by atoms with Crippen LogP contribution in [0.2, 0.25) is 0 Å². The Bertz CT molecular complexity index is 1090. The van der Waals surface area contributed by atoms with Crippen LogP contribution in [-0.4, -0.2) is 23.0 Å². The Morgan fingerprint density at radius 3 is 2.61 bits per heavy atom. The summed E-state index contributed by atoms with van der Waals surface area (Å²) in [7, 11) is 1.36. The van der Waals surface area contributed by atoms with Gasteiger partial charge in [-0.25, -0.2) is 9.78 Å². The van der Waals surface area contributed by atoms with E-state index in [-0.39, 0.29) is 5.97 Å². The van der Waals surface area contributed by atoms with Gasteiger partial charge in [-0.3, -0.25) is 0 Å². The fourth-order valence-electron chi connectivity index (χ4n) is 2.79. The molecule has 2 N–H and O–H groups in total. The average molecular weight is 374 g/mol. The minimum Gasteiger partial charge on any atom is -0.467 e. The molecule has 2 aromatic carbocycles. The number of ether oxygens (including phenoxy) is 1. The summed E-state index contributed by atoms with van der Waals surface area (Å²) < 4.78 is 10.1. The lowest BCUT2D eigenvalue weighted by molar-refractivity contribution is 0.0601.